The monoisotopic (exact) mass is 175 g/mol. The minimum Gasteiger partial charge on any atom is -0.378 e. The highest BCUT2D eigenvalue weighted by molar-refractivity contribution is 5.14. The van der Waals surface area contributed by atoms with Crippen molar-refractivity contribution < 1.29 is 5.11 Å². The van der Waals surface area contributed by atoms with Crippen molar-refractivity contribution >= 4 is 0 Å². The Bertz CT molecular complexity index is 276. The zero-order valence-corrected chi connectivity index (χ0v) is 7.40. The third kappa shape index (κ3) is 3.75. The minimum atomic E-state index is -0.606. The van der Waals surface area contributed by atoms with Crippen LogP contribution in [-0.4, -0.2) is 11.3 Å². The molecule has 1 unspecified atom stereocenters. The van der Waals surface area contributed by atoms with Gasteiger partial charge in [-0.25, -0.2) is 0 Å². The fourth-order valence-electron chi connectivity index (χ4n) is 1.02. The molecule has 13 heavy (non-hydrogen) atoms. The summed E-state index contributed by atoms with van der Waals surface area (Å²) in [6.07, 6.45) is 4.78. The van der Waals surface area contributed by atoms with Crippen molar-refractivity contribution in [3.8, 4) is 12.3 Å². The van der Waals surface area contributed by atoms with Gasteiger partial charge in [0.25, 0.3) is 0 Å². The van der Waals surface area contributed by atoms with E-state index in [0.29, 0.717) is 13.0 Å². The summed E-state index contributed by atoms with van der Waals surface area (Å²) in [5.74, 6) is 2.39. The number of hydrogen-bond donors (Lipinski definition) is 2. The second-order valence-electron chi connectivity index (χ2n) is 2.79. The molecular formula is C11H13NO. The third-order valence-corrected chi connectivity index (χ3v) is 1.70. The number of aliphatic hydroxyl groups is 1. The van der Waals surface area contributed by atoms with Gasteiger partial charge in [-0.05, 0) is 5.56 Å². The van der Waals surface area contributed by atoms with Crippen LogP contribution in [0.3, 0.4) is 0 Å². The molecule has 2 heteroatoms. The topological polar surface area (TPSA) is 32.3 Å². The lowest BCUT2D eigenvalue weighted by atomic mass is 10.2. The molecule has 2 nitrogen and oxygen atoms in total. The van der Waals surface area contributed by atoms with Gasteiger partial charge in [0.15, 0.2) is 0 Å². The highest BCUT2D eigenvalue weighted by atomic mass is 16.3. The molecule has 0 bridgehead atoms. The number of rotatable bonds is 4. The van der Waals surface area contributed by atoms with Gasteiger partial charge in [0, 0.05) is 13.0 Å². The zero-order chi connectivity index (χ0) is 9.52. The molecule has 0 saturated heterocycles. The van der Waals surface area contributed by atoms with E-state index in [-0.39, 0.29) is 0 Å². The van der Waals surface area contributed by atoms with E-state index in [4.69, 9.17) is 6.42 Å². The number of benzene rings is 1. The van der Waals surface area contributed by atoms with Gasteiger partial charge in [0.2, 0.25) is 0 Å². The molecule has 0 amide bonds. The molecule has 0 aromatic heterocycles. The van der Waals surface area contributed by atoms with Crippen LogP contribution in [0.15, 0.2) is 30.3 Å². The Hall–Kier alpha value is -1.30. The van der Waals surface area contributed by atoms with Crippen LogP contribution in [0.2, 0.25) is 0 Å². The summed E-state index contributed by atoms with van der Waals surface area (Å²) in [5, 5.41) is 12.2. The van der Waals surface area contributed by atoms with Gasteiger partial charge in [0.05, 0.1) is 0 Å². The SMILES string of the molecule is C#CCC(O)NCc1ccccc1. The van der Waals surface area contributed by atoms with Crippen LogP contribution >= 0.6 is 0 Å². The van der Waals surface area contributed by atoms with Gasteiger partial charge in [-0.1, -0.05) is 30.3 Å². The first-order chi connectivity index (χ1) is 6.33. The molecule has 2 N–H and O–H groups in total. The predicted molar refractivity (Wildman–Crippen MR) is 52.7 cm³/mol. The van der Waals surface area contributed by atoms with Crippen LogP contribution in [0, 0.1) is 12.3 Å². The molecule has 1 aromatic rings. The van der Waals surface area contributed by atoms with Crippen LogP contribution in [0.4, 0.5) is 0 Å². The van der Waals surface area contributed by atoms with Crippen molar-refractivity contribution in [3.63, 3.8) is 0 Å². The van der Waals surface area contributed by atoms with Crippen LogP contribution in [0.25, 0.3) is 0 Å². The van der Waals surface area contributed by atoms with Crippen LogP contribution in [0.5, 0.6) is 0 Å². The first-order valence-electron chi connectivity index (χ1n) is 4.22. The summed E-state index contributed by atoms with van der Waals surface area (Å²) in [6.45, 7) is 0.643. The van der Waals surface area contributed by atoms with Gasteiger partial charge < -0.3 is 5.11 Å². The normalized spacial score (nSPS) is 12.0. The van der Waals surface area contributed by atoms with Crippen LogP contribution in [0.1, 0.15) is 12.0 Å². The third-order valence-electron chi connectivity index (χ3n) is 1.70. The molecule has 0 radical (unpaired) electrons. The molecule has 0 spiro atoms. The van der Waals surface area contributed by atoms with Crippen molar-refractivity contribution in [1.82, 2.24) is 5.32 Å². The summed E-state index contributed by atoms with van der Waals surface area (Å²) in [4.78, 5) is 0. The van der Waals surface area contributed by atoms with E-state index in [2.05, 4.69) is 11.2 Å². The molecule has 0 saturated carbocycles. The van der Waals surface area contributed by atoms with Crippen LogP contribution < -0.4 is 5.32 Å². The Labute approximate surface area is 78.6 Å². The average molecular weight is 175 g/mol. The smallest absolute Gasteiger partial charge is 0.116 e. The number of terminal acetylenes is 1. The number of nitrogens with one attached hydrogen (secondary N) is 1. The first-order valence-corrected chi connectivity index (χ1v) is 4.22. The molecule has 1 atom stereocenters. The first kappa shape index (κ1) is 9.79. The molecule has 0 aliphatic heterocycles. The molecule has 0 fully saturated rings. The molecule has 0 aliphatic rings. The van der Waals surface area contributed by atoms with Gasteiger partial charge in [0.1, 0.15) is 6.23 Å². The lowest BCUT2D eigenvalue weighted by Gasteiger charge is -2.09. The van der Waals surface area contributed by atoms with E-state index in [9.17, 15) is 5.11 Å². The van der Waals surface area contributed by atoms with E-state index in [1.165, 1.54) is 0 Å². The summed E-state index contributed by atoms with van der Waals surface area (Å²) >= 11 is 0. The maximum atomic E-state index is 9.26. The lowest BCUT2D eigenvalue weighted by Crippen LogP contribution is -2.27. The van der Waals surface area contributed by atoms with E-state index >= 15 is 0 Å². The van der Waals surface area contributed by atoms with Crippen LogP contribution in [-0.2, 0) is 6.54 Å². The Morgan fingerprint density at radius 2 is 2.08 bits per heavy atom. The fourth-order valence-corrected chi connectivity index (χ4v) is 1.02. The summed E-state index contributed by atoms with van der Waals surface area (Å²) in [5.41, 5.74) is 1.14. The van der Waals surface area contributed by atoms with Gasteiger partial charge in [-0.15, -0.1) is 12.3 Å². The fraction of sp³-hybridized carbons (Fsp3) is 0.273. The van der Waals surface area contributed by atoms with Crippen molar-refractivity contribution in [2.24, 2.45) is 0 Å². The summed E-state index contributed by atoms with van der Waals surface area (Å²) in [6, 6.07) is 9.88. The maximum Gasteiger partial charge on any atom is 0.116 e. The standard InChI is InChI=1S/C11H13NO/c1-2-6-11(13)12-9-10-7-4-3-5-8-10/h1,3-5,7-8,11-13H,6,9H2. The quantitative estimate of drug-likeness (QED) is 0.531. The van der Waals surface area contributed by atoms with Gasteiger partial charge >= 0.3 is 0 Å². The molecular weight excluding hydrogens is 162 g/mol. The van der Waals surface area contributed by atoms with Crippen molar-refractivity contribution in [1.29, 1.82) is 0 Å². The highest BCUT2D eigenvalue weighted by Gasteiger charge is 1.99. The summed E-state index contributed by atoms with van der Waals surface area (Å²) < 4.78 is 0. The maximum absolute atomic E-state index is 9.26. The van der Waals surface area contributed by atoms with E-state index in [1.54, 1.807) is 0 Å². The molecule has 1 aromatic carbocycles. The van der Waals surface area contributed by atoms with Crippen molar-refractivity contribution in [2.75, 3.05) is 0 Å². The Balaban J connectivity index is 2.32. The molecule has 0 heterocycles. The van der Waals surface area contributed by atoms with Crippen molar-refractivity contribution in [3.05, 3.63) is 35.9 Å². The average Bonchev–Trinajstić information content (AvgIpc) is 2.17. The summed E-state index contributed by atoms with van der Waals surface area (Å²) in [7, 11) is 0. The number of aliphatic hydroxyl groups excluding tert-OH is 1. The molecule has 1 rings (SSSR count). The van der Waals surface area contributed by atoms with E-state index in [1.807, 2.05) is 30.3 Å². The predicted octanol–water partition coefficient (Wildman–Crippen LogP) is 1.12. The van der Waals surface area contributed by atoms with E-state index < -0.39 is 6.23 Å². The van der Waals surface area contributed by atoms with E-state index in [0.717, 1.165) is 5.56 Å². The Morgan fingerprint density at radius 1 is 1.38 bits per heavy atom. The van der Waals surface area contributed by atoms with Gasteiger partial charge in [-0.2, -0.15) is 0 Å². The lowest BCUT2D eigenvalue weighted by molar-refractivity contribution is 0.140. The Morgan fingerprint density at radius 3 is 2.69 bits per heavy atom. The Kier molecular flexibility index (Phi) is 4.04. The minimum absolute atomic E-state index is 0.340. The largest absolute Gasteiger partial charge is 0.378 e. The number of hydrogen-bond acceptors (Lipinski definition) is 2. The zero-order valence-electron chi connectivity index (χ0n) is 7.40. The molecule has 0 aliphatic carbocycles. The molecule has 68 valence electrons. The van der Waals surface area contributed by atoms with Crippen molar-refractivity contribution in [2.45, 2.75) is 19.2 Å². The second kappa shape index (κ2) is 5.36. The second-order valence-corrected chi connectivity index (χ2v) is 2.79. The van der Waals surface area contributed by atoms with Gasteiger partial charge in [-0.3, -0.25) is 5.32 Å². The highest BCUT2D eigenvalue weighted by Crippen LogP contribution is 1.98.